The number of sulfonamides is 1. The summed E-state index contributed by atoms with van der Waals surface area (Å²) in [5, 5.41) is 5.00. The molecule has 4 rings (SSSR count). The van der Waals surface area contributed by atoms with Crippen molar-refractivity contribution in [3.63, 3.8) is 0 Å². The lowest BCUT2D eigenvalue weighted by molar-refractivity contribution is 0.0730. The zero-order valence-electron chi connectivity index (χ0n) is 14.8. The number of morpholine rings is 1. The molecule has 1 saturated heterocycles. The molecule has 2 N–H and O–H groups in total. The molecule has 0 unspecified atom stereocenters. The molecule has 1 amide bonds. The zero-order valence-corrected chi connectivity index (χ0v) is 16.4. The average Bonchev–Trinajstić information content (AvgIpc) is 3.40. The molecule has 8 nitrogen and oxygen atoms in total. The molecule has 0 spiro atoms. The minimum atomic E-state index is -3.66. The van der Waals surface area contributed by atoms with Gasteiger partial charge in [-0.3, -0.25) is 10.1 Å². The molecule has 0 bridgehead atoms. The lowest BCUT2D eigenvalue weighted by Crippen LogP contribution is -2.40. The summed E-state index contributed by atoms with van der Waals surface area (Å²) < 4.78 is 32.1. The number of ether oxygens (including phenoxy) is 1. The molecule has 1 aliphatic rings. The summed E-state index contributed by atoms with van der Waals surface area (Å²) in [6.45, 7) is 1.35. The first-order valence-electron chi connectivity index (χ1n) is 8.63. The Morgan fingerprint density at radius 3 is 2.79 bits per heavy atom. The summed E-state index contributed by atoms with van der Waals surface area (Å²) in [4.78, 5) is 20.1. The lowest BCUT2D eigenvalue weighted by atomic mass is 10.2. The molecular formula is C18H18N4O4S2. The molecule has 10 heteroatoms. The van der Waals surface area contributed by atoms with Gasteiger partial charge in [-0.15, -0.1) is 11.3 Å². The van der Waals surface area contributed by atoms with E-state index in [2.05, 4.69) is 15.3 Å². The Hall–Kier alpha value is -2.53. The number of aromatic nitrogens is 2. The monoisotopic (exact) mass is 418 g/mol. The van der Waals surface area contributed by atoms with Gasteiger partial charge in [0.15, 0.2) is 5.13 Å². The fraction of sp³-hybridized carbons (Fsp3) is 0.222. The first-order valence-corrected chi connectivity index (χ1v) is 10.9. The Morgan fingerprint density at radius 1 is 1.21 bits per heavy atom. The average molecular weight is 419 g/mol. The molecular weight excluding hydrogens is 400 g/mol. The summed E-state index contributed by atoms with van der Waals surface area (Å²) in [5.41, 5.74) is 1.84. The Balaban J connectivity index is 1.52. The topological polar surface area (TPSA) is 104 Å². The van der Waals surface area contributed by atoms with Gasteiger partial charge in [-0.2, -0.15) is 4.31 Å². The SMILES string of the molecule is O=C(Nc1nc(-c2ccc[nH]2)cs1)c1cccc(S(=O)(=O)N2CCOCC2)c1. The molecule has 1 aromatic carbocycles. The van der Waals surface area contributed by atoms with Crippen molar-refractivity contribution in [1.82, 2.24) is 14.3 Å². The Bertz CT molecular complexity index is 1070. The van der Waals surface area contributed by atoms with Crippen LogP contribution in [0.4, 0.5) is 5.13 Å². The van der Waals surface area contributed by atoms with Crippen LogP contribution < -0.4 is 5.32 Å². The minimum absolute atomic E-state index is 0.0910. The van der Waals surface area contributed by atoms with E-state index in [4.69, 9.17) is 4.74 Å². The molecule has 3 heterocycles. The van der Waals surface area contributed by atoms with Gasteiger partial charge in [0.2, 0.25) is 10.0 Å². The van der Waals surface area contributed by atoms with E-state index < -0.39 is 15.9 Å². The van der Waals surface area contributed by atoms with Crippen molar-refractivity contribution in [2.75, 3.05) is 31.6 Å². The van der Waals surface area contributed by atoms with Crippen molar-refractivity contribution in [3.05, 3.63) is 53.5 Å². The molecule has 0 atom stereocenters. The highest BCUT2D eigenvalue weighted by atomic mass is 32.2. The second kappa shape index (κ2) is 7.84. The number of aromatic amines is 1. The number of benzene rings is 1. The second-order valence-corrected chi connectivity index (χ2v) is 8.92. The summed E-state index contributed by atoms with van der Waals surface area (Å²) in [5.74, 6) is -0.411. The van der Waals surface area contributed by atoms with E-state index in [0.717, 1.165) is 11.4 Å². The van der Waals surface area contributed by atoms with Crippen LogP contribution in [0.1, 0.15) is 10.4 Å². The molecule has 0 aliphatic carbocycles. The second-order valence-electron chi connectivity index (χ2n) is 6.12. The predicted molar refractivity (Wildman–Crippen MR) is 106 cm³/mol. The maximum atomic E-state index is 12.8. The minimum Gasteiger partial charge on any atom is -0.379 e. The van der Waals surface area contributed by atoms with Gasteiger partial charge in [-0.1, -0.05) is 6.07 Å². The molecule has 1 fully saturated rings. The van der Waals surface area contributed by atoms with Gasteiger partial charge in [0.05, 0.1) is 29.5 Å². The number of nitrogens with zero attached hydrogens (tertiary/aromatic N) is 2. The fourth-order valence-electron chi connectivity index (χ4n) is 2.85. The zero-order chi connectivity index (χ0) is 19.6. The van der Waals surface area contributed by atoms with Crippen molar-refractivity contribution in [1.29, 1.82) is 0 Å². The van der Waals surface area contributed by atoms with Crippen molar-refractivity contribution < 1.29 is 17.9 Å². The van der Waals surface area contributed by atoms with Crippen LogP contribution in [-0.4, -0.2) is 54.9 Å². The van der Waals surface area contributed by atoms with Crippen molar-refractivity contribution >= 4 is 32.4 Å². The van der Waals surface area contributed by atoms with Gasteiger partial charge in [0.1, 0.15) is 0 Å². The number of anilines is 1. The normalized spacial score (nSPS) is 15.4. The van der Waals surface area contributed by atoms with Crippen LogP contribution in [0.15, 0.2) is 52.9 Å². The number of thiazole rings is 1. The van der Waals surface area contributed by atoms with E-state index >= 15 is 0 Å². The molecule has 28 heavy (non-hydrogen) atoms. The summed E-state index contributed by atoms with van der Waals surface area (Å²) in [7, 11) is -3.66. The number of carbonyl (C=O) groups excluding carboxylic acids is 1. The van der Waals surface area contributed by atoms with Gasteiger partial charge >= 0.3 is 0 Å². The quantitative estimate of drug-likeness (QED) is 0.662. The van der Waals surface area contributed by atoms with Gasteiger partial charge in [0, 0.05) is 30.2 Å². The van der Waals surface area contributed by atoms with E-state index in [1.165, 1.54) is 27.8 Å². The van der Waals surface area contributed by atoms with Crippen LogP contribution in [-0.2, 0) is 14.8 Å². The number of hydrogen-bond donors (Lipinski definition) is 2. The van der Waals surface area contributed by atoms with E-state index in [0.29, 0.717) is 31.4 Å². The maximum absolute atomic E-state index is 12.8. The van der Waals surface area contributed by atoms with E-state index in [1.54, 1.807) is 18.3 Å². The number of amides is 1. The highest BCUT2D eigenvalue weighted by Crippen LogP contribution is 2.24. The largest absolute Gasteiger partial charge is 0.379 e. The number of H-pyrrole nitrogens is 1. The summed E-state index contributed by atoms with van der Waals surface area (Å²) in [6.07, 6.45) is 1.80. The smallest absolute Gasteiger partial charge is 0.257 e. The van der Waals surface area contributed by atoms with Crippen LogP contribution in [0.25, 0.3) is 11.4 Å². The third-order valence-electron chi connectivity index (χ3n) is 4.30. The highest BCUT2D eigenvalue weighted by molar-refractivity contribution is 7.89. The maximum Gasteiger partial charge on any atom is 0.257 e. The molecule has 1 aliphatic heterocycles. The van der Waals surface area contributed by atoms with Crippen LogP contribution >= 0.6 is 11.3 Å². The molecule has 3 aromatic rings. The van der Waals surface area contributed by atoms with Crippen LogP contribution in [0, 0.1) is 0 Å². The number of nitrogens with one attached hydrogen (secondary N) is 2. The van der Waals surface area contributed by atoms with Crippen molar-refractivity contribution in [2.45, 2.75) is 4.90 Å². The van der Waals surface area contributed by atoms with E-state index in [1.807, 2.05) is 17.5 Å². The Morgan fingerprint density at radius 2 is 2.04 bits per heavy atom. The third-order valence-corrected chi connectivity index (χ3v) is 6.95. The van der Waals surface area contributed by atoms with Crippen LogP contribution in [0.2, 0.25) is 0 Å². The summed E-state index contributed by atoms with van der Waals surface area (Å²) in [6, 6.07) is 9.78. The molecule has 0 saturated carbocycles. The van der Waals surface area contributed by atoms with Crippen LogP contribution in [0.5, 0.6) is 0 Å². The number of rotatable bonds is 5. The number of carbonyl (C=O) groups is 1. The van der Waals surface area contributed by atoms with Gasteiger partial charge in [0.25, 0.3) is 5.91 Å². The number of hydrogen-bond acceptors (Lipinski definition) is 6. The molecule has 146 valence electrons. The highest BCUT2D eigenvalue weighted by Gasteiger charge is 2.27. The van der Waals surface area contributed by atoms with Gasteiger partial charge in [-0.25, -0.2) is 13.4 Å². The van der Waals surface area contributed by atoms with E-state index in [9.17, 15) is 13.2 Å². The first kappa shape index (κ1) is 18.8. The third kappa shape index (κ3) is 3.85. The van der Waals surface area contributed by atoms with Crippen molar-refractivity contribution in [2.24, 2.45) is 0 Å². The Labute approximate surface area is 166 Å². The molecule has 2 aromatic heterocycles. The molecule has 0 radical (unpaired) electrons. The van der Waals surface area contributed by atoms with Gasteiger partial charge in [-0.05, 0) is 30.3 Å². The first-order chi connectivity index (χ1) is 13.5. The summed E-state index contributed by atoms with van der Waals surface area (Å²) >= 11 is 1.30. The fourth-order valence-corrected chi connectivity index (χ4v) is 5.01. The van der Waals surface area contributed by atoms with Crippen molar-refractivity contribution in [3.8, 4) is 11.4 Å². The predicted octanol–water partition coefficient (Wildman–Crippen LogP) is 2.41. The standard InChI is InChI=1S/C18H18N4O4S2/c23-17(21-18-20-16(12-27-18)15-5-2-6-19-15)13-3-1-4-14(11-13)28(24,25)22-7-9-26-10-8-22/h1-6,11-12,19H,7-10H2,(H,20,21,23). The Kier molecular flexibility index (Phi) is 5.27. The van der Waals surface area contributed by atoms with Gasteiger partial charge < -0.3 is 9.72 Å². The van der Waals surface area contributed by atoms with Crippen LogP contribution in [0.3, 0.4) is 0 Å². The lowest BCUT2D eigenvalue weighted by Gasteiger charge is -2.26. The van der Waals surface area contributed by atoms with E-state index in [-0.39, 0.29) is 10.5 Å².